The first-order valence-corrected chi connectivity index (χ1v) is 8.34. The topological polar surface area (TPSA) is 55.4 Å². The molecule has 0 saturated heterocycles. The van der Waals surface area contributed by atoms with Crippen LogP contribution >= 0.6 is 0 Å². The molecular formula is C14H21NO3S. The zero-order valence-electron chi connectivity index (χ0n) is 11.4. The SMILES string of the molecule is CCS(=O)(=O)c1ccc(OC2CC(CNC)C2)cc1. The number of benzene rings is 1. The van der Waals surface area contributed by atoms with Crippen LogP contribution in [-0.4, -0.2) is 33.9 Å². The van der Waals surface area contributed by atoms with Crippen LogP contribution in [0.25, 0.3) is 0 Å². The molecule has 0 aromatic heterocycles. The van der Waals surface area contributed by atoms with E-state index in [1.807, 2.05) is 7.05 Å². The van der Waals surface area contributed by atoms with Crippen LogP contribution in [0.4, 0.5) is 0 Å². The molecule has 2 rings (SSSR count). The van der Waals surface area contributed by atoms with Gasteiger partial charge in [-0.25, -0.2) is 8.42 Å². The molecule has 1 N–H and O–H groups in total. The number of ether oxygens (including phenoxy) is 1. The van der Waals surface area contributed by atoms with Crippen LogP contribution in [0.2, 0.25) is 0 Å². The monoisotopic (exact) mass is 283 g/mol. The number of hydrogen-bond acceptors (Lipinski definition) is 4. The second kappa shape index (κ2) is 5.92. The summed E-state index contributed by atoms with van der Waals surface area (Å²) in [4.78, 5) is 0.365. The Labute approximate surface area is 115 Å². The van der Waals surface area contributed by atoms with E-state index in [-0.39, 0.29) is 11.9 Å². The van der Waals surface area contributed by atoms with Crippen molar-refractivity contribution in [2.24, 2.45) is 5.92 Å². The summed E-state index contributed by atoms with van der Waals surface area (Å²) >= 11 is 0. The summed E-state index contributed by atoms with van der Waals surface area (Å²) in [6.45, 7) is 2.68. The number of hydrogen-bond donors (Lipinski definition) is 1. The second-order valence-electron chi connectivity index (χ2n) is 5.01. The molecule has 0 aliphatic heterocycles. The Morgan fingerprint density at radius 1 is 1.26 bits per heavy atom. The molecule has 1 aliphatic rings. The maximum Gasteiger partial charge on any atom is 0.178 e. The van der Waals surface area contributed by atoms with Gasteiger partial charge in [0.25, 0.3) is 0 Å². The maximum atomic E-state index is 11.7. The Morgan fingerprint density at radius 3 is 2.42 bits per heavy atom. The van der Waals surface area contributed by atoms with Crippen molar-refractivity contribution in [3.05, 3.63) is 24.3 Å². The number of rotatable bonds is 6. The van der Waals surface area contributed by atoms with Crippen molar-refractivity contribution in [2.75, 3.05) is 19.3 Å². The second-order valence-corrected chi connectivity index (χ2v) is 7.29. The van der Waals surface area contributed by atoms with E-state index in [9.17, 15) is 8.42 Å². The van der Waals surface area contributed by atoms with E-state index in [0.29, 0.717) is 10.8 Å². The first kappa shape index (κ1) is 14.3. The molecular weight excluding hydrogens is 262 g/mol. The molecule has 0 heterocycles. The number of nitrogens with one attached hydrogen (secondary N) is 1. The van der Waals surface area contributed by atoms with Crippen LogP contribution in [0.3, 0.4) is 0 Å². The van der Waals surface area contributed by atoms with E-state index in [1.165, 1.54) is 0 Å². The highest BCUT2D eigenvalue weighted by molar-refractivity contribution is 7.91. The van der Waals surface area contributed by atoms with Crippen LogP contribution < -0.4 is 10.1 Å². The van der Waals surface area contributed by atoms with Gasteiger partial charge in [-0.1, -0.05) is 6.92 Å². The lowest BCUT2D eigenvalue weighted by molar-refractivity contribution is 0.0657. The largest absolute Gasteiger partial charge is 0.490 e. The third-order valence-corrected chi connectivity index (χ3v) is 5.30. The molecule has 1 aromatic rings. The Balaban J connectivity index is 1.90. The third-order valence-electron chi connectivity index (χ3n) is 3.55. The minimum absolute atomic E-state index is 0.127. The average molecular weight is 283 g/mol. The quantitative estimate of drug-likeness (QED) is 0.866. The number of sulfone groups is 1. The molecule has 0 radical (unpaired) electrons. The lowest BCUT2D eigenvalue weighted by atomic mass is 9.82. The molecule has 1 saturated carbocycles. The van der Waals surface area contributed by atoms with Crippen molar-refractivity contribution in [1.29, 1.82) is 0 Å². The summed E-state index contributed by atoms with van der Waals surface area (Å²) in [6, 6.07) is 6.73. The molecule has 1 aliphatic carbocycles. The van der Waals surface area contributed by atoms with Crippen molar-refractivity contribution >= 4 is 9.84 Å². The Bertz CT molecular complexity index is 504. The highest BCUT2D eigenvalue weighted by Crippen LogP contribution is 2.31. The van der Waals surface area contributed by atoms with Gasteiger partial charge < -0.3 is 10.1 Å². The molecule has 0 bridgehead atoms. The molecule has 0 unspecified atom stereocenters. The van der Waals surface area contributed by atoms with E-state index >= 15 is 0 Å². The van der Waals surface area contributed by atoms with Crippen LogP contribution in [0.5, 0.6) is 5.75 Å². The highest BCUT2D eigenvalue weighted by Gasteiger charge is 2.30. The van der Waals surface area contributed by atoms with E-state index in [2.05, 4.69) is 5.32 Å². The lowest BCUT2D eigenvalue weighted by Gasteiger charge is -2.35. The third kappa shape index (κ3) is 3.48. The predicted octanol–water partition coefficient (Wildman–Crippen LogP) is 1.86. The van der Waals surface area contributed by atoms with Gasteiger partial charge >= 0.3 is 0 Å². The smallest absolute Gasteiger partial charge is 0.178 e. The zero-order valence-corrected chi connectivity index (χ0v) is 12.2. The molecule has 106 valence electrons. The fraction of sp³-hybridized carbons (Fsp3) is 0.571. The highest BCUT2D eigenvalue weighted by atomic mass is 32.2. The Morgan fingerprint density at radius 2 is 1.89 bits per heavy atom. The van der Waals surface area contributed by atoms with Gasteiger partial charge in [0, 0.05) is 0 Å². The van der Waals surface area contributed by atoms with Gasteiger partial charge in [0.05, 0.1) is 16.8 Å². The molecule has 0 spiro atoms. The molecule has 0 amide bonds. The first-order valence-electron chi connectivity index (χ1n) is 6.69. The van der Waals surface area contributed by atoms with E-state index in [4.69, 9.17) is 4.74 Å². The summed E-state index contributed by atoms with van der Waals surface area (Å²) in [5.41, 5.74) is 0. The lowest BCUT2D eigenvalue weighted by Crippen LogP contribution is -2.38. The van der Waals surface area contributed by atoms with Gasteiger partial charge in [-0.2, -0.15) is 0 Å². The minimum Gasteiger partial charge on any atom is -0.490 e. The Kier molecular flexibility index (Phi) is 4.47. The van der Waals surface area contributed by atoms with E-state index < -0.39 is 9.84 Å². The predicted molar refractivity (Wildman–Crippen MR) is 75.2 cm³/mol. The fourth-order valence-corrected chi connectivity index (χ4v) is 3.19. The molecule has 1 fully saturated rings. The van der Waals surface area contributed by atoms with E-state index in [1.54, 1.807) is 31.2 Å². The van der Waals surface area contributed by atoms with Gasteiger partial charge in [0.2, 0.25) is 0 Å². The van der Waals surface area contributed by atoms with Gasteiger partial charge in [0.15, 0.2) is 9.84 Å². The molecule has 5 heteroatoms. The average Bonchev–Trinajstić information content (AvgIpc) is 2.37. The molecule has 19 heavy (non-hydrogen) atoms. The molecule has 1 aromatic carbocycles. The van der Waals surface area contributed by atoms with Crippen molar-refractivity contribution < 1.29 is 13.2 Å². The summed E-state index contributed by atoms with van der Waals surface area (Å²) in [5.74, 6) is 1.58. The van der Waals surface area contributed by atoms with Crippen LogP contribution in [0, 0.1) is 5.92 Å². The summed E-state index contributed by atoms with van der Waals surface area (Å²) in [6.07, 6.45) is 2.40. The van der Waals surface area contributed by atoms with Crippen molar-refractivity contribution in [3.8, 4) is 5.75 Å². The molecule has 4 nitrogen and oxygen atoms in total. The summed E-state index contributed by atoms with van der Waals surface area (Å²) in [5, 5.41) is 3.16. The van der Waals surface area contributed by atoms with Gasteiger partial charge in [0.1, 0.15) is 5.75 Å². The van der Waals surface area contributed by atoms with Gasteiger partial charge in [-0.15, -0.1) is 0 Å². The van der Waals surface area contributed by atoms with E-state index in [0.717, 1.165) is 25.1 Å². The van der Waals surface area contributed by atoms with Crippen LogP contribution in [0.1, 0.15) is 19.8 Å². The van der Waals surface area contributed by atoms with Gasteiger partial charge in [-0.3, -0.25) is 0 Å². The maximum absolute atomic E-state index is 11.7. The standard InChI is InChI=1S/C14H21NO3S/c1-3-19(16,17)14-6-4-12(5-7-14)18-13-8-11(9-13)10-15-2/h4-7,11,13,15H,3,8-10H2,1-2H3. The Hall–Kier alpha value is -1.07. The minimum atomic E-state index is -3.11. The first-order chi connectivity index (χ1) is 9.05. The van der Waals surface area contributed by atoms with Crippen molar-refractivity contribution in [2.45, 2.75) is 30.8 Å². The van der Waals surface area contributed by atoms with Crippen LogP contribution in [0.15, 0.2) is 29.2 Å². The zero-order chi connectivity index (χ0) is 13.9. The van der Waals surface area contributed by atoms with Crippen molar-refractivity contribution in [3.63, 3.8) is 0 Å². The van der Waals surface area contributed by atoms with Gasteiger partial charge in [-0.05, 0) is 56.6 Å². The fourth-order valence-electron chi connectivity index (χ4n) is 2.31. The summed E-state index contributed by atoms with van der Waals surface area (Å²) < 4.78 is 29.1. The van der Waals surface area contributed by atoms with Crippen LogP contribution in [-0.2, 0) is 9.84 Å². The summed E-state index contributed by atoms with van der Waals surface area (Å²) in [7, 11) is -1.16. The molecule has 0 atom stereocenters. The normalized spacial score (nSPS) is 22.8. The van der Waals surface area contributed by atoms with Crippen molar-refractivity contribution in [1.82, 2.24) is 5.32 Å².